The predicted molar refractivity (Wildman–Crippen MR) is 59.4 cm³/mol. The van der Waals surface area contributed by atoms with Crippen LogP contribution in [0, 0.1) is 0 Å². The summed E-state index contributed by atoms with van der Waals surface area (Å²) >= 11 is 0. The van der Waals surface area contributed by atoms with Gasteiger partial charge < -0.3 is 9.84 Å². The van der Waals surface area contributed by atoms with Crippen LogP contribution >= 0.6 is 0 Å². The molecule has 0 saturated carbocycles. The van der Waals surface area contributed by atoms with Crippen molar-refractivity contribution in [3.8, 4) is 0 Å². The largest absolute Gasteiger partial charge is 0.394 e. The quantitative estimate of drug-likeness (QED) is 0.323. The molecule has 1 aliphatic heterocycles. The second-order valence-electron chi connectivity index (χ2n) is 4.73. The molecule has 1 aliphatic rings. The van der Waals surface area contributed by atoms with E-state index in [1.807, 2.05) is 13.8 Å². The molecule has 0 aromatic rings. The number of morpholine rings is 1. The van der Waals surface area contributed by atoms with Gasteiger partial charge in [-0.05, 0) is 13.8 Å². The van der Waals surface area contributed by atoms with Gasteiger partial charge in [0, 0.05) is 26.1 Å². The summed E-state index contributed by atoms with van der Waals surface area (Å²) in [6, 6.07) is 0. The zero-order valence-corrected chi connectivity index (χ0v) is 9.90. The fourth-order valence-electron chi connectivity index (χ4n) is 2.01. The van der Waals surface area contributed by atoms with E-state index in [2.05, 4.69) is 10.3 Å². The van der Waals surface area contributed by atoms with Gasteiger partial charge in [0.25, 0.3) is 0 Å². The van der Waals surface area contributed by atoms with Gasteiger partial charge in [0.15, 0.2) is 0 Å². The van der Waals surface area contributed by atoms with Crippen molar-refractivity contribution in [3.63, 3.8) is 0 Å². The standard InChI is InChI=1S/C10H21N3O3/c1-10(2)7-13(4-3-9(15)12-11)5-8(6-14)16-10/h8,14H,3-7,11H2,1-2H3,(H,12,15). The van der Waals surface area contributed by atoms with E-state index in [1.165, 1.54) is 0 Å². The maximum Gasteiger partial charge on any atom is 0.235 e. The van der Waals surface area contributed by atoms with Crippen molar-refractivity contribution in [1.82, 2.24) is 10.3 Å². The molecule has 6 nitrogen and oxygen atoms in total. The summed E-state index contributed by atoms with van der Waals surface area (Å²) < 4.78 is 5.67. The molecule has 1 fully saturated rings. The lowest BCUT2D eigenvalue weighted by atomic mass is 10.1. The highest BCUT2D eigenvalue weighted by Gasteiger charge is 2.32. The Balaban J connectivity index is 2.44. The monoisotopic (exact) mass is 231 g/mol. The van der Waals surface area contributed by atoms with E-state index >= 15 is 0 Å². The Bertz CT molecular complexity index is 245. The van der Waals surface area contributed by atoms with Crippen LogP contribution in [-0.4, -0.2) is 53.9 Å². The number of aliphatic hydroxyl groups is 1. The fraction of sp³-hybridized carbons (Fsp3) is 0.900. The molecular formula is C10H21N3O3. The van der Waals surface area contributed by atoms with E-state index in [0.717, 1.165) is 6.54 Å². The third kappa shape index (κ3) is 4.05. The molecule has 0 spiro atoms. The normalized spacial score (nSPS) is 25.4. The minimum absolute atomic E-state index is 0.00299. The zero-order chi connectivity index (χ0) is 12.2. The Hall–Kier alpha value is -0.690. The number of nitrogens with two attached hydrogens (primary N) is 1. The van der Waals surface area contributed by atoms with E-state index in [-0.39, 0.29) is 24.2 Å². The lowest BCUT2D eigenvalue weighted by Crippen LogP contribution is -2.54. The van der Waals surface area contributed by atoms with Crippen LogP contribution < -0.4 is 11.3 Å². The fourth-order valence-corrected chi connectivity index (χ4v) is 2.01. The highest BCUT2D eigenvalue weighted by molar-refractivity contribution is 5.75. The molecule has 1 atom stereocenters. The zero-order valence-electron chi connectivity index (χ0n) is 9.90. The number of rotatable bonds is 4. The number of hydrazine groups is 1. The molecular weight excluding hydrogens is 210 g/mol. The van der Waals surface area contributed by atoms with Crippen molar-refractivity contribution < 1.29 is 14.6 Å². The van der Waals surface area contributed by atoms with Gasteiger partial charge in [0.2, 0.25) is 5.91 Å². The average molecular weight is 231 g/mol. The Morgan fingerprint density at radius 3 is 2.94 bits per heavy atom. The summed E-state index contributed by atoms with van der Waals surface area (Å²) in [5.41, 5.74) is 1.82. The summed E-state index contributed by atoms with van der Waals surface area (Å²) in [6.07, 6.45) is 0.190. The smallest absolute Gasteiger partial charge is 0.235 e. The van der Waals surface area contributed by atoms with Gasteiger partial charge in [-0.1, -0.05) is 0 Å². The van der Waals surface area contributed by atoms with Crippen molar-refractivity contribution >= 4 is 5.91 Å². The summed E-state index contributed by atoms with van der Waals surface area (Å²) in [7, 11) is 0. The molecule has 94 valence electrons. The van der Waals surface area contributed by atoms with Gasteiger partial charge in [-0.15, -0.1) is 0 Å². The number of ether oxygens (including phenoxy) is 1. The van der Waals surface area contributed by atoms with Gasteiger partial charge in [-0.2, -0.15) is 0 Å². The molecule has 0 aromatic heterocycles. The van der Waals surface area contributed by atoms with Crippen LogP contribution in [-0.2, 0) is 9.53 Å². The molecule has 1 saturated heterocycles. The number of nitrogens with zero attached hydrogens (tertiary/aromatic N) is 1. The van der Waals surface area contributed by atoms with E-state index in [1.54, 1.807) is 0 Å². The number of carbonyl (C=O) groups is 1. The maximum absolute atomic E-state index is 11.0. The van der Waals surface area contributed by atoms with Crippen LogP contribution in [0.4, 0.5) is 0 Å². The van der Waals surface area contributed by atoms with E-state index in [0.29, 0.717) is 19.5 Å². The Morgan fingerprint density at radius 1 is 1.69 bits per heavy atom. The Morgan fingerprint density at radius 2 is 2.38 bits per heavy atom. The predicted octanol–water partition coefficient (Wildman–Crippen LogP) is -1.16. The van der Waals surface area contributed by atoms with Crippen molar-refractivity contribution in [1.29, 1.82) is 0 Å². The van der Waals surface area contributed by atoms with Crippen molar-refractivity contribution in [2.24, 2.45) is 5.84 Å². The summed E-state index contributed by atoms with van der Waals surface area (Å²) in [5, 5.41) is 9.11. The first-order valence-electron chi connectivity index (χ1n) is 5.47. The van der Waals surface area contributed by atoms with Crippen LogP contribution in [0.5, 0.6) is 0 Å². The van der Waals surface area contributed by atoms with Crippen molar-refractivity contribution in [2.45, 2.75) is 32.0 Å². The highest BCUT2D eigenvalue weighted by Crippen LogP contribution is 2.20. The Labute approximate surface area is 95.7 Å². The molecule has 1 amide bonds. The third-order valence-corrected chi connectivity index (χ3v) is 2.57. The lowest BCUT2D eigenvalue weighted by Gasteiger charge is -2.42. The second-order valence-corrected chi connectivity index (χ2v) is 4.73. The van der Waals surface area contributed by atoms with Gasteiger partial charge in [-0.25, -0.2) is 5.84 Å². The first-order valence-corrected chi connectivity index (χ1v) is 5.47. The summed E-state index contributed by atoms with van der Waals surface area (Å²) in [6.45, 7) is 5.99. The van der Waals surface area contributed by atoms with Crippen LogP contribution in [0.3, 0.4) is 0 Å². The molecule has 1 heterocycles. The van der Waals surface area contributed by atoms with Gasteiger partial charge in [-0.3, -0.25) is 15.1 Å². The van der Waals surface area contributed by atoms with Gasteiger partial charge in [0.1, 0.15) is 0 Å². The molecule has 6 heteroatoms. The molecule has 1 unspecified atom stereocenters. The van der Waals surface area contributed by atoms with Gasteiger partial charge in [0.05, 0.1) is 18.3 Å². The van der Waals surface area contributed by atoms with E-state index in [9.17, 15) is 4.79 Å². The average Bonchev–Trinajstić information content (AvgIpc) is 2.23. The highest BCUT2D eigenvalue weighted by atomic mass is 16.5. The summed E-state index contributed by atoms with van der Waals surface area (Å²) in [5.74, 6) is 4.84. The minimum Gasteiger partial charge on any atom is -0.394 e. The van der Waals surface area contributed by atoms with E-state index < -0.39 is 0 Å². The number of carbonyl (C=O) groups excluding carboxylic acids is 1. The van der Waals surface area contributed by atoms with Crippen molar-refractivity contribution in [3.05, 3.63) is 0 Å². The van der Waals surface area contributed by atoms with Crippen LogP contribution in [0.1, 0.15) is 20.3 Å². The van der Waals surface area contributed by atoms with Crippen LogP contribution in [0.2, 0.25) is 0 Å². The number of hydrogen-bond acceptors (Lipinski definition) is 5. The van der Waals surface area contributed by atoms with Crippen molar-refractivity contribution in [2.75, 3.05) is 26.2 Å². The minimum atomic E-state index is -0.287. The van der Waals surface area contributed by atoms with Gasteiger partial charge >= 0.3 is 0 Å². The topological polar surface area (TPSA) is 87.8 Å². The lowest BCUT2D eigenvalue weighted by molar-refractivity contribution is -0.150. The number of amides is 1. The molecule has 0 radical (unpaired) electrons. The number of nitrogens with one attached hydrogen (secondary N) is 1. The first-order chi connectivity index (χ1) is 7.46. The molecule has 16 heavy (non-hydrogen) atoms. The first kappa shape index (κ1) is 13.4. The number of aliphatic hydroxyl groups excluding tert-OH is 1. The molecule has 0 bridgehead atoms. The third-order valence-electron chi connectivity index (χ3n) is 2.57. The maximum atomic E-state index is 11.0. The molecule has 1 rings (SSSR count). The summed E-state index contributed by atoms with van der Waals surface area (Å²) in [4.78, 5) is 13.1. The van der Waals surface area contributed by atoms with E-state index in [4.69, 9.17) is 15.7 Å². The molecule has 0 aromatic carbocycles. The Kier molecular flexibility index (Phi) is 4.67. The molecule has 0 aliphatic carbocycles. The number of hydrogen-bond donors (Lipinski definition) is 3. The second kappa shape index (κ2) is 5.58. The van der Waals surface area contributed by atoms with Crippen LogP contribution in [0.15, 0.2) is 0 Å². The SMILES string of the molecule is CC1(C)CN(CCC(=O)NN)CC(CO)O1. The van der Waals surface area contributed by atoms with Crippen LogP contribution in [0.25, 0.3) is 0 Å². The molecule has 4 N–H and O–H groups in total.